The molecule has 0 saturated heterocycles. The molecule has 0 aromatic carbocycles. The van der Waals surface area contributed by atoms with Crippen LogP contribution in [0.1, 0.15) is 58.8 Å². The minimum atomic E-state index is 0.367. The standard InChI is InChI=1S/C11H24O/c1-3-5-6-7-8-11(4-2)9-10-12/h11-12H,3-10H2,1-2H3/t11-/m0/s1. The van der Waals surface area contributed by atoms with E-state index in [1.807, 2.05) is 0 Å². The Morgan fingerprint density at radius 3 is 2.25 bits per heavy atom. The predicted molar refractivity (Wildman–Crippen MR) is 54.2 cm³/mol. The van der Waals surface area contributed by atoms with Gasteiger partial charge in [0.1, 0.15) is 0 Å². The van der Waals surface area contributed by atoms with E-state index < -0.39 is 0 Å². The Kier molecular flexibility index (Phi) is 9.02. The smallest absolute Gasteiger partial charge is 0.0433 e. The fourth-order valence-electron chi connectivity index (χ4n) is 1.59. The SMILES string of the molecule is CCCCCC[C@H](CC)CCO. The lowest BCUT2D eigenvalue weighted by atomic mass is 9.95. The molecule has 0 aliphatic carbocycles. The molecule has 0 amide bonds. The molecule has 1 heteroatoms. The topological polar surface area (TPSA) is 20.2 Å². The molecule has 0 aromatic rings. The first-order valence-electron chi connectivity index (χ1n) is 5.46. The molecule has 0 aliphatic rings. The fraction of sp³-hybridized carbons (Fsp3) is 1.00. The largest absolute Gasteiger partial charge is 0.396 e. The lowest BCUT2D eigenvalue weighted by Gasteiger charge is -2.12. The van der Waals surface area contributed by atoms with Crippen LogP contribution in [0.3, 0.4) is 0 Å². The second kappa shape index (κ2) is 9.05. The van der Waals surface area contributed by atoms with Crippen molar-refractivity contribution in [2.75, 3.05) is 6.61 Å². The van der Waals surface area contributed by atoms with Crippen LogP contribution in [0.15, 0.2) is 0 Å². The van der Waals surface area contributed by atoms with E-state index in [4.69, 9.17) is 5.11 Å². The van der Waals surface area contributed by atoms with Crippen molar-refractivity contribution in [3.8, 4) is 0 Å². The molecule has 1 nitrogen and oxygen atoms in total. The van der Waals surface area contributed by atoms with Gasteiger partial charge in [0.05, 0.1) is 0 Å². The summed E-state index contributed by atoms with van der Waals surface area (Å²) in [6.07, 6.45) is 8.96. The molecule has 12 heavy (non-hydrogen) atoms. The number of aliphatic hydroxyl groups excluding tert-OH is 1. The summed E-state index contributed by atoms with van der Waals surface area (Å²) >= 11 is 0. The third-order valence-electron chi connectivity index (χ3n) is 2.58. The second-order valence-corrected chi connectivity index (χ2v) is 3.64. The van der Waals surface area contributed by atoms with E-state index >= 15 is 0 Å². The summed E-state index contributed by atoms with van der Waals surface area (Å²) in [6.45, 7) is 4.83. The van der Waals surface area contributed by atoms with Gasteiger partial charge in [-0.2, -0.15) is 0 Å². The molecule has 0 aliphatic heterocycles. The van der Waals surface area contributed by atoms with Crippen molar-refractivity contribution in [3.63, 3.8) is 0 Å². The second-order valence-electron chi connectivity index (χ2n) is 3.64. The van der Waals surface area contributed by atoms with Crippen molar-refractivity contribution in [1.29, 1.82) is 0 Å². The Morgan fingerprint density at radius 1 is 1.00 bits per heavy atom. The monoisotopic (exact) mass is 172 g/mol. The molecule has 0 aromatic heterocycles. The molecule has 1 N–H and O–H groups in total. The van der Waals surface area contributed by atoms with Gasteiger partial charge in [0, 0.05) is 6.61 Å². The maximum atomic E-state index is 8.77. The van der Waals surface area contributed by atoms with E-state index in [9.17, 15) is 0 Å². The molecular weight excluding hydrogens is 148 g/mol. The average Bonchev–Trinajstić information content (AvgIpc) is 2.10. The summed E-state index contributed by atoms with van der Waals surface area (Å²) in [5.41, 5.74) is 0. The quantitative estimate of drug-likeness (QED) is 0.557. The summed E-state index contributed by atoms with van der Waals surface area (Å²) in [5, 5.41) is 8.77. The van der Waals surface area contributed by atoms with Gasteiger partial charge >= 0.3 is 0 Å². The van der Waals surface area contributed by atoms with Crippen LogP contribution in [0.25, 0.3) is 0 Å². The molecule has 0 fully saturated rings. The van der Waals surface area contributed by atoms with Crippen LogP contribution < -0.4 is 0 Å². The predicted octanol–water partition coefficient (Wildman–Crippen LogP) is 3.37. The van der Waals surface area contributed by atoms with Gasteiger partial charge < -0.3 is 5.11 Å². The van der Waals surface area contributed by atoms with Crippen LogP contribution in [0.4, 0.5) is 0 Å². The van der Waals surface area contributed by atoms with E-state index in [2.05, 4.69) is 13.8 Å². The number of aliphatic hydroxyl groups is 1. The number of unbranched alkanes of at least 4 members (excludes halogenated alkanes) is 3. The molecular formula is C11H24O. The normalized spacial score (nSPS) is 13.2. The van der Waals surface area contributed by atoms with Crippen molar-refractivity contribution in [1.82, 2.24) is 0 Å². The van der Waals surface area contributed by atoms with Gasteiger partial charge in [-0.1, -0.05) is 52.4 Å². The first-order chi connectivity index (χ1) is 5.85. The van der Waals surface area contributed by atoms with Crippen molar-refractivity contribution < 1.29 is 5.11 Å². The van der Waals surface area contributed by atoms with Crippen LogP contribution in [-0.2, 0) is 0 Å². The van der Waals surface area contributed by atoms with Crippen LogP contribution in [0.5, 0.6) is 0 Å². The van der Waals surface area contributed by atoms with Crippen molar-refractivity contribution >= 4 is 0 Å². The van der Waals surface area contributed by atoms with Gasteiger partial charge in [-0.15, -0.1) is 0 Å². The molecule has 0 unspecified atom stereocenters. The van der Waals surface area contributed by atoms with Crippen LogP contribution in [0.2, 0.25) is 0 Å². The van der Waals surface area contributed by atoms with Gasteiger partial charge in [-0.3, -0.25) is 0 Å². The maximum Gasteiger partial charge on any atom is 0.0433 e. The Balaban J connectivity index is 3.19. The molecule has 0 radical (unpaired) electrons. The highest BCUT2D eigenvalue weighted by molar-refractivity contribution is 4.56. The average molecular weight is 172 g/mol. The van der Waals surface area contributed by atoms with E-state index in [0.29, 0.717) is 6.61 Å². The summed E-state index contributed by atoms with van der Waals surface area (Å²) in [7, 11) is 0. The Bertz CT molecular complexity index is 81.1. The van der Waals surface area contributed by atoms with Crippen LogP contribution in [-0.4, -0.2) is 11.7 Å². The van der Waals surface area contributed by atoms with Crippen molar-refractivity contribution in [2.24, 2.45) is 5.92 Å². The zero-order valence-corrected chi connectivity index (χ0v) is 8.68. The van der Waals surface area contributed by atoms with Crippen molar-refractivity contribution in [3.05, 3.63) is 0 Å². The molecule has 0 rings (SSSR count). The highest BCUT2D eigenvalue weighted by Gasteiger charge is 2.04. The Labute approximate surface area is 77.2 Å². The van der Waals surface area contributed by atoms with E-state index in [0.717, 1.165) is 12.3 Å². The molecule has 74 valence electrons. The highest BCUT2D eigenvalue weighted by atomic mass is 16.3. The maximum absolute atomic E-state index is 8.77. The number of hydrogen-bond donors (Lipinski definition) is 1. The number of rotatable bonds is 8. The Morgan fingerprint density at radius 2 is 1.75 bits per heavy atom. The molecule has 0 spiro atoms. The highest BCUT2D eigenvalue weighted by Crippen LogP contribution is 2.16. The fourth-order valence-corrected chi connectivity index (χ4v) is 1.59. The van der Waals surface area contributed by atoms with Crippen molar-refractivity contribution in [2.45, 2.75) is 58.8 Å². The van der Waals surface area contributed by atoms with Gasteiger partial charge in [-0.25, -0.2) is 0 Å². The van der Waals surface area contributed by atoms with Gasteiger partial charge in [0.2, 0.25) is 0 Å². The minimum absolute atomic E-state index is 0.367. The van der Waals surface area contributed by atoms with Crippen LogP contribution >= 0.6 is 0 Å². The zero-order valence-electron chi connectivity index (χ0n) is 8.68. The molecule has 1 atom stereocenters. The molecule has 0 bridgehead atoms. The van der Waals surface area contributed by atoms with Crippen LogP contribution in [0, 0.1) is 5.92 Å². The summed E-state index contributed by atoms with van der Waals surface area (Å²) in [6, 6.07) is 0. The lowest BCUT2D eigenvalue weighted by Crippen LogP contribution is -2.01. The van der Waals surface area contributed by atoms with E-state index in [-0.39, 0.29) is 0 Å². The zero-order chi connectivity index (χ0) is 9.23. The number of hydrogen-bond acceptors (Lipinski definition) is 1. The first-order valence-corrected chi connectivity index (χ1v) is 5.46. The first kappa shape index (κ1) is 12.0. The molecule has 0 heterocycles. The summed E-state index contributed by atoms with van der Waals surface area (Å²) in [4.78, 5) is 0. The Hall–Kier alpha value is -0.0400. The van der Waals surface area contributed by atoms with E-state index in [1.54, 1.807) is 0 Å². The van der Waals surface area contributed by atoms with Gasteiger partial charge in [0.15, 0.2) is 0 Å². The minimum Gasteiger partial charge on any atom is -0.396 e. The summed E-state index contributed by atoms with van der Waals surface area (Å²) in [5.74, 6) is 0.770. The molecule has 0 saturated carbocycles. The van der Waals surface area contributed by atoms with Gasteiger partial charge in [-0.05, 0) is 12.3 Å². The van der Waals surface area contributed by atoms with Gasteiger partial charge in [0.25, 0.3) is 0 Å². The lowest BCUT2D eigenvalue weighted by molar-refractivity contribution is 0.247. The summed E-state index contributed by atoms with van der Waals surface area (Å²) < 4.78 is 0. The third kappa shape index (κ3) is 6.66. The third-order valence-corrected chi connectivity index (χ3v) is 2.58. The van der Waals surface area contributed by atoms with E-state index in [1.165, 1.54) is 38.5 Å².